The van der Waals surface area contributed by atoms with Gasteiger partial charge in [-0.25, -0.2) is 0 Å². The number of hydrogen-bond donors (Lipinski definition) is 1. The molecule has 0 unspecified atom stereocenters. The molecule has 2 aromatic rings. The second-order valence-corrected chi connectivity index (χ2v) is 5.01. The van der Waals surface area contributed by atoms with E-state index < -0.39 is 0 Å². The molecule has 0 spiro atoms. The number of furan rings is 1. The largest absolute Gasteiger partial charge is 0.494 e. The Kier molecular flexibility index (Phi) is 5.68. The molecule has 5 heteroatoms. The fourth-order valence-corrected chi connectivity index (χ4v) is 1.97. The zero-order valence-corrected chi connectivity index (χ0v) is 12.6. The second kappa shape index (κ2) is 7.75. The van der Waals surface area contributed by atoms with Gasteiger partial charge in [0.2, 0.25) is 0 Å². The molecule has 0 saturated heterocycles. The lowest BCUT2D eigenvalue weighted by Crippen LogP contribution is -2.24. The van der Waals surface area contributed by atoms with Gasteiger partial charge in [0.05, 0.1) is 6.61 Å². The summed E-state index contributed by atoms with van der Waals surface area (Å²) in [6, 6.07) is 13.0. The van der Waals surface area contributed by atoms with Gasteiger partial charge in [0.15, 0.2) is 10.4 Å². The highest BCUT2D eigenvalue weighted by Crippen LogP contribution is 2.13. The number of nitrogens with one attached hydrogen (secondary N) is 1. The number of benzene rings is 1. The van der Waals surface area contributed by atoms with E-state index in [1.54, 1.807) is 12.1 Å². The molecule has 4 nitrogen and oxygen atoms in total. The van der Waals surface area contributed by atoms with Gasteiger partial charge in [-0.15, -0.1) is 0 Å². The Hall–Kier alpha value is -1.75. The van der Waals surface area contributed by atoms with Gasteiger partial charge < -0.3 is 14.5 Å². The molecule has 0 atom stereocenters. The summed E-state index contributed by atoms with van der Waals surface area (Å²) in [7, 11) is 0. The average Bonchev–Trinajstić information content (AvgIpc) is 2.90. The molecule has 0 aliphatic carbocycles. The molecule has 20 heavy (non-hydrogen) atoms. The summed E-state index contributed by atoms with van der Waals surface area (Å²) in [5.41, 5.74) is 0. The number of unbranched alkanes of at least 4 members (excludes halogenated alkanes) is 1. The molecule has 0 aliphatic heterocycles. The fourth-order valence-electron chi connectivity index (χ4n) is 1.66. The van der Waals surface area contributed by atoms with E-state index in [4.69, 9.17) is 9.15 Å². The first kappa shape index (κ1) is 14.7. The minimum atomic E-state index is -0.195. The first-order valence-corrected chi connectivity index (χ1v) is 7.26. The Morgan fingerprint density at radius 2 is 1.95 bits per heavy atom. The van der Waals surface area contributed by atoms with Crippen LogP contribution in [0.25, 0.3) is 0 Å². The zero-order chi connectivity index (χ0) is 14.2. The van der Waals surface area contributed by atoms with Gasteiger partial charge >= 0.3 is 0 Å². The average molecular weight is 338 g/mol. The molecule has 1 N–H and O–H groups in total. The van der Waals surface area contributed by atoms with Gasteiger partial charge in [0.1, 0.15) is 5.75 Å². The van der Waals surface area contributed by atoms with Crippen LogP contribution in [0.15, 0.2) is 51.6 Å². The van der Waals surface area contributed by atoms with E-state index in [9.17, 15) is 4.79 Å². The number of amides is 1. The molecular weight excluding hydrogens is 322 g/mol. The van der Waals surface area contributed by atoms with Crippen molar-refractivity contribution in [1.29, 1.82) is 0 Å². The maximum atomic E-state index is 11.7. The number of rotatable bonds is 7. The van der Waals surface area contributed by atoms with Crippen molar-refractivity contribution < 1.29 is 13.9 Å². The lowest BCUT2D eigenvalue weighted by Gasteiger charge is -2.06. The van der Waals surface area contributed by atoms with E-state index in [2.05, 4.69) is 21.2 Å². The second-order valence-electron chi connectivity index (χ2n) is 4.23. The Morgan fingerprint density at radius 3 is 2.65 bits per heavy atom. The van der Waals surface area contributed by atoms with Gasteiger partial charge in [-0.2, -0.15) is 0 Å². The molecule has 2 rings (SSSR count). The number of hydrogen-bond acceptors (Lipinski definition) is 3. The van der Waals surface area contributed by atoms with Gasteiger partial charge in [-0.3, -0.25) is 4.79 Å². The summed E-state index contributed by atoms with van der Waals surface area (Å²) in [6.07, 6.45) is 1.75. The van der Waals surface area contributed by atoms with Crippen molar-refractivity contribution in [1.82, 2.24) is 5.32 Å². The quantitative estimate of drug-likeness (QED) is 0.785. The van der Waals surface area contributed by atoms with E-state index >= 15 is 0 Å². The number of carbonyl (C=O) groups excluding carboxylic acids is 1. The van der Waals surface area contributed by atoms with Gasteiger partial charge in [-0.1, -0.05) is 18.2 Å². The van der Waals surface area contributed by atoms with Crippen LogP contribution in [-0.4, -0.2) is 19.1 Å². The molecule has 0 fully saturated rings. The molecule has 0 aliphatic rings. The lowest BCUT2D eigenvalue weighted by atomic mass is 10.3. The number of para-hydroxylation sites is 1. The maximum absolute atomic E-state index is 11.7. The highest BCUT2D eigenvalue weighted by Gasteiger charge is 2.08. The van der Waals surface area contributed by atoms with Gasteiger partial charge in [0, 0.05) is 6.54 Å². The first-order chi connectivity index (χ1) is 9.75. The Balaban J connectivity index is 1.57. The normalized spacial score (nSPS) is 10.2. The first-order valence-electron chi connectivity index (χ1n) is 6.47. The van der Waals surface area contributed by atoms with Crippen molar-refractivity contribution in [3.8, 4) is 5.75 Å². The SMILES string of the molecule is O=C(NCCCCOc1ccccc1)c1ccc(Br)o1. The van der Waals surface area contributed by atoms with Crippen molar-refractivity contribution in [3.05, 3.63) is 52.9 Å². The predicted molar refractivity (Wildman–Crippen MR) is 79.9 cm³/mol. The van der Waals surface area contributed by atoms with Gasteiger partial charge in [-0.05, 0) is 53.0 Å². The Labute approximate surface area is 126 Å². The van der Waals surface area contributed by atoms with Crippen molar-refractivity contribution in [2.24, 2.45) is 0 Å². The third-order valence-corrected chi connectivity index (χ3v) is 3.09. The molecule has 1 amide bonds. The van der Waals surface area contributed by atoms with Crippen molar-refractivity contribution >= 4 is 21.8 Å². The number of ether oxygens (including phenoxy) is 1. The summed E-state index contributed by atoms with van der Waals surface area (Å²) in [5, 5.41) is 2.80. The molecular formula is C15H16BrNO3. The van der Waals surface area contributed by atoms with Crippen LogP contribution in [-0.2, 0) is 0 Å². The van der Waals surface area contributed by atoms with Crippen LogP contribution in [0.1, 0.15) is 23.4 Å². The fraction of sp³-hybridized carbons (Fsp3) is 0.267. The minimum absolute atomic E-state index is 0.195. The van der Waals surface area contributed by atoms with E-state index in [0.29, 0.717) is 23.6 Å². The molecule has 1 aromatic carbocycles. The van der Waals surface area contributed by atoms with Crippen LogP contribution < -0.4 is 10.1 Å². The lowest BCUT2D eigenvalue weighted by molar-refractivity contribution is 0.0923. The monoisotopic (exact) mass is 337 g/mol. The Morgan fingerprint density at radius 1 is 1.15 bits per heavy atom. The minimum Gasteiger partial charge on any atom is -0.494 e. The standard InChI is InChI=1S/C15H16BrNO3/c16-14-9-8-13(20-14)15(18)17-10-4-5-11-19-12-6-2-1-3-7-12/h1-3,6-9H,4-5,10-11H2,(H,17,18). The summed E-state index contributed by atoms with van der Waals surface area (Å²) < 4.78 is 11.3. The zero-order valence-electron chi connectivity index (χ0n) is 11.0. The van der Waals surface area contributed by atoms with E-state index in [1.807, 2.05) is 30.3 Å². The van der Waals surface area contributed by atoms with Crippen LogP contribution in [0.5, 0.6) is 5.75 Å². The van der Waals surface area contributed by atoms with Crippen LogP contribution in [0.3, 0.4) is 0 Å². The predicted octanol–water partition coefficient (Wildman–Crippen LogP) is 3.63. The molecule has 106 valence electrons. The van der Waals surface area contributed by atoms with Crippen LogP contribution in [0.2, 0.25) is 0 Å². The summed E-state index contributed by atoms with van der Waals surface area (Å²) in [5.74, 6) is 0.994. The highest BCUT2D eigenvalue weighted by atomic mass is 79.9. The van der Waals surface area contributed by atoms with E-state index in [-0.39, 0.29) is 5.91 Å². The molecule has 0 bridgehead atoms. The summed E-state index contributed by atoms with van der Waals surface area (Å²) >= 11 is 3.16. The molecule has 0 radical (unpaired) electrons. The topological polar surface area (TPSA) is 51.5 Å². The van der Waals surface area contributed by atoms with Crippen molar-refractivity contribution in [2.45, 2.75) is 12.8 Å². The highest BCUT2D eigenvalue weighted by molar-refractivity contribution is 9.10. The number of carbonyl (C=O) groups is 1. The van der Waals surface area contributed by atoms with Crippen LogP contribution in [0, 0.1) is 0 Å². The third-order valence-electron chi connectivity index (χ3n) is 2.67. The summed E-state index contributed by atoms with van der Waals surface area (Å²) in [6.45, 7) is 1.25. The van der Waals surface area contributed by atoms with Crippen molar-refractivity contribution in [2.75, 3.05) is 13.2 Å². The maximum Gasteiger partial charge on any atom is 0.287 e. The third kappa shape index (κ3) is 4.74. The van der Waals surface area contributed by atoms with E-state index in [1.165, 1.54) is 0 Å². The van der Waals surface area contributed by atoms with Crippen LogP contribution >= 0.6 is 15.9 Å². The molecule has 1 heterocycles. The van der Waals surface area contributed by atoms with Crippen LogP contribution in [0.4, 0.5) is 0 Å². The Bertz CT molecular complexity index is 539. The smallest absolute Gasteiger partial charge is 0.287 e. The van der Waals surface area contributed by atoms with Crippen molar-refractivity contribution in [3.63, 3.8) is 0 Å². The molecule has 1 aromatic heterocycles. The summed E-state index contributed by atoms with van der Waals surface area (Å²) in [4.78, 5) is 11.7. The number of halogens is 1. The van der Waals surface area contributed by atoms with E-state index in [0.717, 1.165) is 18.6 Å². The van der Waals surface area contributed by atoms with Gasteiger partial charge in [0.25, 0.3) is 5.91 Å². The molecule has 0 saturated carbocycles.